The summed E-state index contributed by atoms with van der Waals surface area (Å²) in [4.78, 5) is 0. The Morgan fingerprint density at radius 3 is 1.28 bits per heavy atom. The molecule has 0 saturated carbocycles. The van der Waals surface area contributed by atoms with E-state index in [0.29, 0.717) is 6.42 Å². The summed E-state index contributed by atoms with van der Waals surface area (Å²) >= 11 is 0. The average molecular weight is 435 g/mol. The molecule has 0 aliphatic carbocycles. The first-order valence-corrected chi connectivity index (χ1v) is 14.0. The highest BCUT2D eigenvalue weighted by atomic mass is 32.2. The minimum absolute atomic E-state index is 0.266. The molecule has 0 bridgehead atoms. The van der Waals surface area contributed by atoms with E-state index in [-0.39, 0.29) is 6.10 Å². The van der Waals surface area contributed by atoms with E-state index >= 15 is 0 Å². The number of aliphatic hydroxyl groups is 1. The lowest BCUT2D eigenvalue weighted by Gasteiger charge is -2.11. The molecular weight excluding hydrogens is 384 g/mol. The molecule has 0 saturated heterocycles. The summed E-state index contributed by atoms with van der Waals surface area (Å²) in [7, 11) is -3.90. The second-order valence-electron chi connectivity index (χ2n) is 9.00. The van der Waals surface area contributed by atoms with Crippen LogP contribution in [0.2, 0.25) is 0 Å². The first kappa shape index (κ1) is 28.9. The monoisotopic (exact) mass is 434 g/mol. The molecule has 0 aliphatic rings. The molecule has 2 atom stereocenters. The summed E-state index contributed by atoms with van der Waals surface area (Å²) in [6.07, 6.45) is 23.6. The number of unbranched alkanes of at least 4 members (excludes halogenated alkanes) is 15. The summed E-state index contributed by atoms with van der Waals surface area (Å²) in [6.45, 7) is 3.80. The van der Waals surface area contributed by atoms with Gasteiger partial charge in [0.1, 0.15) is 0 Å². The van der Waals surface area contributed by atoms with Gasteiger partial charge in [-0.1, -0.05) is 116 Å². The second kappa shape index (κ2) is 19.8. The first-order valence-electron chi connectivity index (χ1n) is 12.5. The van der Waals surface area contributed by atoms with Gasteiger partial charge in [0, 0.05) is 0 Å². The first-order chi connectivity index (χ1) is 13.9. The van der Waals surface area contributed by atoms with Gasteiger partial charge in [0.15, 0.2) is 0 Å². The molecule has 2 N–H and O–H groups in total. The van der Waals surface area contributed by atoms with Crippen LogP contribution in [0.1, 0.15) is 142 Å². The fourth-order valence-corrected chi connectivity index (χ4v) is 4.32. The van der Waals surface area contributed by atoms with E-state index in [1.807, 2.05) is 0 Å². The minimum atomic E-state index is -3.90. The van der Waals surface area contributed by atoms with Crippen LogP contribution in [-0.2, 0) is 10.1 Å². The third-order valence-electron chi connectivity index (χ3n) is 6.05. The maximum absolute atomic E-state index is 10.9. The van der Waals surface area contributed by atoms with E-state index in [0.717, 1.165) is 32.1 Å². The van der Waals surface area contributed by atoms with Crippen LogP contribution in [0.15, 0.2) is 0 Å². The number of rotatable bonds is 22. The zero-order valence-corrected chi connectivity index (χ0v) is 20.2. The van der Waals surface area contributed by atoms with Crippen LogP contribution in [-0.4, -0.2) is 29.4 Å². The summed E-state index contributed by atoms with van der Waals surface area (Å²) < 4.78 is 30.8. The Kier molecular flexibility index (Phi) is 19.7. The smallest absolute Gasteiger partial charge is 0.267 e. The van der Waals surface area contributed by atoms with Crippen molar-refractivity contribution in [2.75, 3.05) is 0 Å². The molecule has 0 heterocycles. The molecule has 0 aromatic rings. The van der Waals surface area contributed by atoms with Gasteiger partial charge < -0.3 is 5.11 Å². The topological polar surface area (TPSA) is 74.6 Å². The molecular formula is C24H50O4S. The molecule has 2 unspecified atom stereocenters. The summed E-state index contributed by atoms with van der Waals surface area (Å²) in [5.41, 5.74) is 0. The zero-order valence-electron chi connectivity index (χ0n) is 19.4. The van der Waals surface area contributed by atoms with Crippen LogP contribution >= 0.6 is 0 Å². The van der Waals surface area contributed by atoms with Crippen LogP contribution in [0.25, 0.3) is 0 Å². The van der Waals surface area contributed by atoms with Gasteiger partial charge in [-0.05, 0) is 26.2 Å². The normalized spacial score (nSPS) is 14.2. The molecule has 0 spiro atoms. The van der Waals surface area contributed by atoms with Gasteiger partial charge in [0.25, 0.3) is 10.1 Å². The fourth-order valence-electron chi connectivity index (χ4n) is 3.86. The van der Waals surface area contributed by atoms with Gasteiger partial charge in [-0.3, -0.25) is 4.55 Å². The van der Waals surface area contributed by atoms with Crippen LogP contribution in [0.5, 0.6) is 0 Å². The van der Waals surface area contributed by atoms with Gasteiger partial charge in [-0.15, -0.1) is 0 Å². The summed E-state index contributed by atoms with van der Waals surface area (Å²) in [5, 5.41) is 9.31. The molecule has 176 valence electrons. The van der Waals surface area contributed by atoms with E-state index in [1.54, 1.807) is 0 Å². The molecule has 29 heavy (non-hydrogen) atoms. The van der Waals surface area contributed by atoms with Crippen molar-refractivity contribution in [3.63, 3.8) is 0 Å². The van der Waals surface area contributed by atoms with Crippen LogP contribution in [0.4, 0.5) is 0 Å². The van der Waals surface area contributed by atoms with E-state index in [9.17, 15) is 13.5 Å². The third-order valence-corrected chi connectivity index (χ3v) is 7.30. The predicted molar refractivity (Wildman–Crippen MR) is 125 cm³/mol. The molecule has 4 nitrogen and oxygen atoms in total. The maximum Gasteiger partial charge on any atom is 0.267 e. The Bertz CT molecular complexity index is 436. The second-order valence-corrected chi connectivity index (χ2v) is 10.8. The van der Waals surface area contributed by atoms with Crippen molar-refractivity contribution < 1.29 is 18.1 Å². The van der Waals surface area contributed by atoms with Gasteiger partial charge in [-0.25, -0.2) is 0 Å². The van der Waals surface area contributed by atoms with Crippen LogP contribution in [0, 0.1) is 0 Å². The largest absolute Gasteiger partial charge is 0.393 e. The summed E-state index contributed by atoms with van der Waals surface area (Å²) in [5.74, 6) is 0. The molecule has 0 amide bonds. The SMILES string of the molecule is CCCCCCCCCCCCCCCCCC(O)CCCCC(C)S(=O)(=O)O. The molecule has 0 aromatic carbocycles. The van der Waals surface area contributed by atoms with E-state index < -0.39 is 15.4 Å². The summed E-state index contributed by atoms with van der Waals surface area (Å²) in [6, 6.07) is 0. The van der Waals surface area contributed by atoms with Crippen molar-refractivity contribution >= 4 is 10.1 Å². The van der Waals surface area contributed by atoms with E-state index in [2.05, 4.69) is 6.92 Å². The highest BCUT2D eigenvalue weighted by Gasteiger charge is 2.16. The molecule has 0 rings (SSSR count). The van der Waals surface area contributed by atoms with E-state index in [1.165, 1.54) is 96.8 Å². The average Bonchev–Trinajstić information content (AvgIpc) is 2.67. The van der Waals surface area contributed by atoms with Gasteiger partial charge in [0.05, 0.1) is 11.4 Å². The van der Waals surface area contributed by atoms with Crippen molar-refractivity contribution in [3.05, 3.63) is 0 Å². The highest BCUT2D eigenvalue weighted by Crippen LogP contribution is 2.16. The van der Waals surface area contributed by atoms with Crippen molar-refractivity contribution in [1.29, 1.82) is 0 Å². The Labute approximate surface area is 182 Å². The van der Waals surface area contributed by atoms with Crippen molar-refractivity contribution in [2.24, 2.45) is 0 Å². The lowest BCUT2D eigenvalue weighted by molar-refractivity contribution is 0.147. The molecule has 0 fully saturated rings. The Morgan fingerprint density at radius 2 is 0.897 bits per heavy atom. The van der Waals surface area contributed by atoms with Crippen LogP contribution < -0.4 is 0 Å². The number of hydrogen-bond donors (Lipinski definition) is 2. The van der Waals surface area contributed by atoms with Crippen molar-refractivity contribution in [2.45, 2.75) is 154 Å². The van der Waals surface area contributed by atoms with Crippen LogP contribution in [0.3, 0.4) is 0 Å². The molecule has 0 aromatic heterocycles. The van der Waals surface area contributed by atoms with Gasteiger partial charge in [-0.2, -0.15) is 8.42 Å². The van der Waals surface area contributed by atoms with E-state index in [4.69, 9.17) is 4.55 Å². The molecule has 0 radical (unpaired) electrons. The van der Waals surface area contributed by atoms with Crippen molar-refractivity contribution in [3.8, 4) is 0 Å². The standard InChI is InChI=1S/C24H50O4S/c1-3-4-5-6-7-8-9-10-11-12-13-14-15-16-17-21-24(25)22-19-18-20-23(2)29(26,27)28/h23-25H,3-22H2,1-2H3,(H,26,27,28). The number of hydrogen-bond acceptors (Lipinski definition) is 3. The predicted octanol–water partition coefficient (Wildman–Crippen LogP) is 7.45. The highest BCUT2D eigenvalue weighted by molar-refractivity contribution is 7.86. The Hall–Kier alpha value is -0.130. The zero-order chi connectivity index (χ0) is 21.8. The fraction of sp³-hybridized carbons (Fsp3) is 1.00. The minimum Gasteiger partial charge on any atom is -0.393 e. The number of aliphatic hydroxyl groups excluding tert-OH is 1. The third kappa shape index (κ3) is 20.9. The maximum atomic E-state index is 10.9. The van der Waals surface area contributed by atoms with Gasteiger partial charge in [0.2, 0.25) is 0 Å². The Morgan fingerprint density at radius 1 is 0.586 bits per heavy atom. The lowest BCUT2D eigenvalue weighted by atomic mass is 10.0. The molecule has 5 heteroatoms. The van der Waals surface area contributed by atoms with Gasteiger partial charge >= 0.3 is 0 Å². The Balaban J connectivity index is 3.26. The van der Waals surface area contributed by atoms with Crippen molar-refractivity contribution in [1.82, 2.24) is 0 Å². The molecule has 0 aliphatic heterocycles. The lowest BCUT2D eigenvalue weighted by Crippen LogP contribution is -2.16. The quantitative estimate of drug-likeness (QED) is 0.137.